The van der Waals surface area contributed by atoms with Crippen LogP contribution in [0.3, 0.4) is 0 Å². The molecule has 0 bridgehead atoms. The Hall–Kier alpha value is -3.47. The Labute approximate surface area is 179 Å². The van der Waals surface area contributed by atoms with E-state index in [2.05, 4.69) is 0 Å². The van der Waals surface area contributed by atoms with E-state index in [4.69, 9.17) is 9.47 Å². The molecule has 0 radical (unpaired) electrons. The molecule has 0 unspecified atom stereocenters. The number of benzene rings is 3. The first kappa shape index (κ1) is 19.5. The van der Waals surface area contributed by atoms with Crippen molar-refractivity contribution in [2.45, 2.75) is 31.6 Å². The molecule has 5 rings (SSSR count). The Morgan fingerprint density at radius 2 is 1.71 bits per heavy atom. The molecule has 156 valence electrons. The Morgan fingerprint density at radius 1 is 0.935 bits per heavy atom. The summed E-state index contributed by atoms with van der Waals surface area (Å²) in [6.45, 7) is 1.70. The third kappa shape index (κ3) is 3.50. The van der Waals surface area contributed by atoms with Gasteiger partial charge in [0.05, 0.1) is 5.41 Å². The summed E-state index contributed by atoms with van der Waals surface area (Å²) in [5.74, 6) is 0.897. The summed E-state index contributed by atoms with van der Waals surface area (Å²) in [6.07, 6.45) is 1.50. The Bertz CT molecular complexity index is 1210. The van der Waals surface area contributed by atoms with Crippen molar-refractivity contribution in [2.24, 2.45) is 0 Å². The average molecular weight is 416 g/mol. The van der Waals surface area contributed by atoms with Crippen LogP contribution in [-0.2, 0) is 16.6 Å². The number of ketones is 2. The summed E-state index contributed by atoms with van der Waals surface area (Å²) >= 11 is 0. The summed E-state index contributed by atoms with van der Waals surface area (Å²) in [5, 5.41) is 0. The molecule has 1 fully saturated rings. The maximum atomic E-state index is 14.6. The fourth-order valence-electron chi connectivity index (χ4n) is 4.20. The quantitative estimate of drug-likeness (QED) is 0.514. The molecule has 1 saturated carbocycles. The lowest BCUT2D eigenvalue weighted by molar-refractivity contribution is -0.120. The normalized spacial score (nSPS) is 15.5. The van der Waals surface area contributed by atoms with Gasteiger partial charge >= 0.3 is 0 Å². The third-order valence-corrected chi connectivity index (χ3v) is 6.21. The predicted octanol–water partition coefficient (Wildman–Crippen LogP) is 5.27. The van der Waals surface area contributed by atoms with E-state index in [0.717, 1.165) is 29.5 Å². The minimum atomic E-state index is -0.585. The second kappa shape index (κ2) is 7.34. The van der Waals surface area contributed by atoms with Crippen molar-refractivity contribution in [3.63, 3.8) is 0 Å². The first-order chi connectivity index (χ1) is 15.0. The van der Waals surface area contributed by atoms with Crippen LogP contribution in [0.25, 0.3) is 11.1 Å². The van der Waals surface area contributed by atoms with E-state index in [-0.39, 0.29) is 24.8 Å². The topological polar surface area (TPSA) is 52.6 Å². The molecule has 0 saturated heterocycles. The van der Waals surface area contributed by atoms with E-state index in [0.29, 0.717) is 22.6 Å². The van der Waals surface area contributed by atoms with Crippen LogP contribution in [0.15, 0.2) is 60.7 Å². The molecule has 31 heavy (non-hydrogen) atoms. The molecule has 5 heteroatoms. The standard InChI is InChI=1S/C26H21FO4/c1-16(28)17-3-2-4-18(11-17)19-5-7-22(27)20(12-19)13-25(29)26(9-10-26)21-6-8-23-24(14-21)31-15-30-23/h2-8,11-12,14H,9-10,13,15H2,1H3. The predicted molar refractivity (Wildman–Crippen MR) is 114 cm³/mol. The Kier molecular flexibility index (Phi) is 4.62. The third-order valence-electron chi connectivity index (χ3n) is 6.21. The summed E-state index contributed by atoms with van der Waals surface area (Å²) in [6, 6.07) is 17.6. The van der Waals surface area contributed by atoms with Crippen LogP contribution in [-0.4, -0.2) is 18.4 Å². The smallest absolute Gasteiger partial charge is 0.231 e. The zero-order valence-electron chi connectivity index (χ0n) is 17.1. The van der Waals surface area contributed by atoms with E-state index in [9.17, 15) is 14.0 Å². The van der Waals surface area contributed by atoms with Crippen LogP contribution in [0.4, 0.5) is 4.39 Å². The number of fused-ring (bicyclic) bond motifs is 1. The van der Waals surface area contributed by atoms with Crippen LogP contribution >= 0.6 is 0 Å². The number of carbonyl (C=O) groups excluding carboxylic acids is 2. The lowest BCUT2D eigenvalue weighted by atomic mass is 9.87. The van der Waals surface area contributed by atoms with Gasteiger partial charge in [-0.05, 0) is 72.4 Å². The fourth-order valence-corrected chi connectivity index (χ4v) is 4.20. The molecule has 3 aromatic carbocycles. The number of carbonyl (C=O) groups is 2. The van der Waals surface area contributed by atoms with Crippen molar-refractivity contribution in [1.29, 1.82) is 0 Å². The molecular formula is C26H21FO4. The first-order valence-electron chi connectivity index (χ1n) is 10.3. The Morgan fingerprint density at radius 3 is 2.48 bits per heavy atom. The Balaban J connectivity index is 1.42. The summed E-state index contributed by atoms with van der Waals surface area (Å²) in [4.78, 5) is 25.0. The highest BCUT2D eigenvalue weighted by atomic mass is 19.1. The maximum Gasteiger partial charge on any atom is 0.231 e. The van der Waals surface area contributed by atoms with Crippen LogP contribution in [0, 0.1) is 5.82 Å². The van der Waals surface area contributed by atoms with E-state index in [1.165, 1.54) is 13.0 Å². The van der Waals surface area contributed by atoms with Crippen LogP contribution in [0.2, 0.25) is 0 Å². The maximum absolute atomic E-state index is 14.6. The van der Waals surface area contributed by atoms with E-state index >= 15 is 0 Å². The van der Waals surface area contributed by atoms with Gasteiger partial charge in [-0.3, -0.25) is 9.59 Å². The van der Waals surface area contributed by atoms with E-state index < -0.39 is 11.2 Å². The van der Waals surface area contributed by atoms with Gasteiger partial charge in [-0.2, -0.15) is 0 Å². The molecule has 0 spiro atoms. The SMILES string of the molecule is CC(=O)c1cccc(-c2ccc(F)c(CC(=O)C3(c4ccc5c(c4)OCO5)CC3)c2)c1. The van der Waals surface area contributed by atoms with Crippen molar-refractivity contribution in [2.75, 3.05) is 6.79 Å². The highest BCUT2D eigenvalue weighted by Gasteiger charge is 2.51. The highest BCUT2D eigenvalue weighted by Crippen LogP contribution is 2.51. The van der Waals surface area contributed by atoms with Gasteiger partial charge < -0.3 is 9.47 Å². The number of hydrogen-bond donors (Lipinski definition) is 0. The van der Waals surface area contributed by atoms with Gasteiger partial charge in [0.15, 0.2) is 17.3 Å². The summed E-state index contributed by atoms with van der Waals surface area (Å²) in [5.41, 5.74) is 2.87. The van der Waals surface area contributed by atoms with Crippen molar-refractivity contribution < 1.29 is 23.5 Å². The van der Waals surface area contributed by atoms with Crippen molar-refractivity contribution in [3.05, 3.63) is 83.2 Å². The van der Waals surface area contributed by atoms with Crippen LogP contribution < -0.4 is 9.47 Å². The lowest BCUT2D eigenvalue weighted by Crippen LogP contribution is -2.23. The molecule has 1 aliphatic carbocycles. The van der Waals surface area contributed by atoms with Crippen LogP contribution in [0.5, 0.6) is 11.5 Å². The molecule has 0 N–H and O–H groups in total. The van der Waals surface area contributed by atoms with Gasteiger partial charge in [0.25, 0.3) is 0 Å². The average Bonchev–Trinajstić information content (AvgIpc) is 3.46. The molecule has 1 heterocycles. The number of halogens is 1. The van der Waals surface area contributed by atoms with Gasteiger partial charge in [0, 0.05) is 12.0 Å². The van der Waals surface area contributed by atoms with Gasteiger partial charge in [-0.15, -0.1) is 0 Å². The molecule has 4 nitrogen and oxygen atoms in total. The monoisotopic (exact) mass is 416 g/mol. The summed E-state index contributed by atoms with van der Waals surface area (Å²) in [7, 11) is 0. The summed E-state index contributed by atoms with van der Waals surface area (Å²) < 4.78 is 25.4. The molecule has 0 amide bonds. The largest absolute Gasteiger partial charge is 0.454 e. The lowest BCUT2D eigenvalue weighted by Gasteiger charge is -2.16. The van der Waals surface area contributed by atoms with Gasteiger partial charge in [0.2, 0.25) is 6.79 Å². The minimum absolute atomic E-state index is 0.0000908. The first-order valence-corrected chi connectivity index (χ1v) is 10.3. The number of Topliss-reactive ketones (excluding diaryl/α,β-unsaturated/α-hetero) is 2. The molecular weight excluding hydrogens is 395 g/mol. The number of ether oxygens (including phenoxy) is 2. The zero-order valence-corrected chi connectivity index (χ0v) is 17.1. The molecule has 3 aromatic rings. The van der Waals surface area contributed by atoms with Gasteiger partial charge in [-0.25, -0.2) is 4.39 Å². The highest BCUT2D eigenvalue weighted by molar-refractivity contribution is 5.96. The number of rotatable bonds is 6. The van der Waals surface area contributed by atoms with Gasteiger partial charge in [-0.1, -0.05) is 30.3 Å². The molecule has 2 aliphatic rings. The van der Waals surface area contributed by atoms with Crippen LogP contribution in [0.1, 0.15) is 41.3 Å². The molecule has 0 atom stereocenters. The fraction of sp³-hybridized carbons (Fsp3) is 0.231. The minimum Gasteiger partial charge on any atom is -0.454 e. The van der Waals surface area contributed by atoms with Gasteiger partial charge in [0.1, 0.15) is 11.6 Å². The molecule has 0 aromatic heterocycles. The van der Waals surface area contributed by atoms with Crippen molar-refractivity contribution in [1.82, 2.24) is 0 Å². The molecule has 1 aliphatic heterocycles. The van der Waals surface area contributed by atoms with Crippen molar-refractivity contribution in [3.8, 4) is 22.6 Å². The van der Waals surface area contributed by atoms with E-state index in [1.807, 2.05) is 24.3 Å². The van der Waals surface area contributed by atoms with E-state index in [1.54, 1.807) is 30.3 Å². The number of hydrogen-bond acceptors (Lipinski definition) is 4. The zero-order chi connectivity index (χ0) is 21.6. The van der Waals surface area contributed by atoms with Crippen molar-refractivity contribution >= 4 is 11.6 Å². The second-order valence-corrected chi connectivity index (χ2v) is 8.19. The second-order valence-electron chi connectivity index (χ2n) is 8.19.